The van der Waals surface area contributed by atoms with Crippen molar-refractivity contribution in [3.63, 3.8) is 0 Å². The van der Waals surface area contributed by atoms with Crippen LogP contribution in [0.5, 0.6) is 0 Å². The van der Waals surface area contributed by atoms with Crippen LogP contribution < -0.4 is 0 Å². The van der Waals surface area contributed by atoms with Gasteiger partial charge in [0.2, 0.25) is 5.83 Å². The van der Waals surface area contributed by atoms with E-state index in [9.17, 15) is 9.18 Å². The van der Waals surface area contributed by atoms with E-state index in [1.165, 1.54) is 6.08 Å². The lowest BCUT2D eigenvalue weighted by atomic mass is 9.97. The van der Waals surface area contributed by atoms with Crippen molar-refractivity contribution in [2.24, 2.45) is 11.8 Å². The molecule has 0 aliphatic rings. The van der Waals surface area contributed by atoms with E-state index in [0.717, 1.165) is 6.42 Å². The van der Waals surface area contributed by atoms with Gasteiger partial charge in [0.1, 0.15) is 0 Å². The number of esters is 1. The maximum absolute atomic E-state index is 13.9. The standard InChI is InChI=1S/C17H33FO3Si/c1-9-20-16(19)15(18)11-14(10-13(2)3)12-21-22(7,8)17(4,5)6/h11,13-14H,9-10,12H2,1-8H3/b15-11+/t14-/m1/s1. The van der Waals surface area contributed by atoms with E-state index >= 15 is 0 Å². The van der Waals surface area contributed by atoms with Crippen LogP contribution in [-0.4, -0.2) is 27.5 Å². The Kier molecular flexibility index (Phi) is 8.55. The minimum absolute atomic E-state index is 0.110. The predicted molar refractivity (Wildman–Crippen MR) is 91.9 cm³/mol. The van der Waals surface area contributed by atoms with Crippen LogP contribution >= 0.6 is 0 Å². The number of hydrogen-bond donors (Lipinski definition) is 0. The molecule has 0 aromatic rings. The van der Waals surface area contributed by atoms with Crippen molar-refractivity contribution in [2.75, 3.05) is 13.2 Å². The van der Waals surface area contributed by atoms with Crippen molar-refractivity contribution < 1.29 is 18.3 Å². The maximum atomic E-state index is 13.9. The Labute approximate surface area is 136 Å². The molecule has 0 N–H and O–H groups in total. The summed E-state index contributed by atoms with van der Waals surface area (Å²) in [5, 5.41) is 0.110. The Balaban J connectivity index is 4.94. The lowest BCUT2D eigenvalue weighted by molar-refractivity contribution is -0.140. The van der Waals surface area contributed by atoms with E-state index in [1.807, 2.05) is 0 Å². The van der Waals surface area contributed by atoms with Gasteiger partial charge in [-0.1, -0.05) is 34.6 Å². The normalized spacial score (nSPS) is 15.1. The molecule has 5 heteroatoms. The van der Waals surface area contributed by atoms with Gasteiger partial charge in [-0.15, -0.1) is 0 Å². The van der Waals surface area contributed by atoms with Crippen LogP contribution in [0, 0.1) is 11.8 Å². The topological polar surface area (TPSA) is 35.5 Å². The van der Waals surface area contributed by atoms with Crippen molar-refractivity contribution in [1.29, 1.82) is 0 Å². The van der Waals surface area contributed by atoms with Crippen LogP contribution in [-0.2, 0) is 14.0 Å². The Morgan fingerprint density at radius 1 is 1.27 bits per heavy atom. The van der Waals surface area contributed by atoms with E-state index in [0.29, 0.717) is 12.5 Å². The van der Waals surface area contributed by atoms with E-state index in [2.05, 4.69) is 47.7 Å². The van der Waals surface area contributed by atoms with Gasteiger partial charge in [-0.3, -0.25) is 0 Å². The molecule has 0 saturated carbocycles. The number of carbonyl (C=O) groups is 1. The summed E-state index contributed by atoms with van der Waals surface area (Å²) < 4.78 is 24.7. The molecule has 0 heterocycles. The molecule has 22 heavy (non-hydrogen) atoms. The van der Waals surface area contributed by atoms with Gasteiger partial charge in [-0.2, -0.15) is 4.39 Å². The first-order valence-corrected chi connectivity index (χ1v) is 11.0. The quantitative estimate of drug-likeness (QED) is 0.353. The highest BCUT2D eigenvalue weighted by atomic mass is 28.4. The third kappa shape index (κ3) is 7.54. The van der Waals surface area contributed by atoms with E-state index < -0.39 is 20.1 Å². The van der Waals surface area contributed by atoms with Crippen molar-refractivity contribution in [3.05, 3.63) is 11.9 Å². The molecule has 1 atom stereocenters. The van der Waals surface area contributed by atoms with Gasteiger partial charge in [0.25, 0.3) is 0 Å². The molecule has 3 nitrogen and oxygen atoms in total. The molecule has 0 amide bonds. The van der Waals surface area contributed by atoms with Crippen LogP contribution in [0.3, 0.4) is 0 Å². The molecule has 0 radical (unpaired) electrons. The zero-order valence-corrected chi connectivity index (χ0v) is 16.5. The second kappa shape index (κ2) is 8.82. The molecule has 0 aliphatic carbocycles. The fourth-order valence-electron chi connectivity index (χ4n) is 1.80. The summed E-state index contributed by atoms with van der Waals surface area (Å²) in [6.07, 6.45) is 2.15. The van der Waals surface area contributed by atoms with Gasteiger partial charge in [0, 0.05) is 12.5 Å². The molecular formula is C17H33FO3Si. The minimum Gasteiger partial charge on any atom is -0.461 e. The fourth-order valence-corrected chi connectivity index (χ4v) is 2.86. The minimum atomic E-state index is -1.88. The third-order valence-corrected chi connectivity index (χ3v) is 8.59. The van der Waals surface area contributed by atoms with Crippen molar-refractivity contribution in [1.82, 2.24) is 0 Å². The number of halogens is 1. The summed E-state index contributed by atoms with van der Waals surface area (Å²) in [6.45, 7) is 17.3. The van der Waals surface area contributed by atoms with Gasteiger partial charge in [-0.05, 0) is 43.5 Å². The van der Waals surface area contributed by atoms with Gasteiger partial charge >= 0.3 is 5.97 Å². The lowest BCUT2D eigenvalue weighted by Crippen LogP contribution is -2.42. The molecule has 0 saturated heterocycles. The zero-order chi connectivity index (χ0) is 17.6. The molecule has 0 aromatic carbocycles. The average molecular weight is 333 g/mol. The van der Waals surface area contributed by atoms with Crippen LogP contribution in [0.1, 0.15) is 48.0 Å². The molecule has 0 aromatic heterocycles. The molecule has 0 rings (SSSR count). The summed E-state index contributed by atoms with van der Waals surface area (Å²) in [7, 11) is -1.88. The molecule has 0 unspecified atom stereocenters. The summed E-state index contributed by atoms with van der Waals surface area (Å²) in [5.41, 5.74) is 0. The van der Waals surface area contributed by atoms with E-state index in [-0.39, 0.29) is 17.6 Å². The van der Waals surface area contributed by atoms with Crippen molar-refractivity contribution >= 4 is 14.3 Å². The number of carbonyl (C=O) groups excluding carboxylic acids is 1. The second-order valence-electron chi connectivity index (χ2n) is 7.70. The zero-order valence-electron chi connectivity index (χ0n) is 15.5. The van der Waals surface area contributed by atoms with E-state index in [4.69, 9.17) is 9.16 Å². The van der Waals surface area contributed by atoms with Crippen LogP contribution in [0.4, 0.5) is 4.39 Å². The number of ether oxygens (including phenoxy) is 1. The molecule has 0 fully saturated rings. The largest absolute Gasteiger partial charge is 0.461 e. The van der Waals surface area contributed by atoms with Crippen LogP contribution in [0.2, 0.25) is 18.1 Å². The fraction of sp³-hybridized carbons (Fsp3) is 0.824. The number of rotatable bonds is 8. The van der Waals surface area contributed by atoms with Crippen molar-refractivity contribution in [3.8, 4) is 0 Å². The summed E-state index contributed by atoms with van der Waals surface area (Å²) >= 11 is 0. The highest BCUT2D eigenvalue weighted by Crippen LogP contribution is 2.37. The van der Waals surface area contributed by atoms with Gasteiger partial charge in [0.15, 0.2) is 8.32 Å². The molecule has 0 aliphatic heterocycles. The van der Waals surface area contributed by atoms with Crippen LogP contribution in [0.25, 0.3) is 0 Å². The molecular weight excluding hydrogens is 299 g/mol. The molecule has 0 bridgehead atoms. The maximum Gasteiger partial charge on any atom is 0.366 e. The van der Waals surface area contributed by atoms with Gasteiger partial charge < -0.3 is 9.16 Å². The Hall–Kier alpha value is -0.683. The smallest absolute Gasteiger partial charge is 0.366 e. The Bertz CT molecular complexity index is 384. The number of hydrogen-bond acceptors (Lipinski definition) is 3. The second-order valence-corrected chi connectivity index (χ2v) is 12.5. The molecule has 130 valence electrons. The Morgan fingerprint density at radius 3 is 2.23 bits per heavy atom. The average Bonchev–Trinajstić information content (AvgIpc) is 2.34. The van der Waals surface area contributed by atoms with Crippen LogP contribution in [0.15, 0.2) is 11.9 Å². The van der Waals surface area contributed by atoms with E-state index in [1.54, 1.807) is 6.92 Å². The highest BCUT2D eigenvalue weighted by Gasteiger charge is 2.37. The first kappa shape index (κ1) is 21.3. The first-order valence-electron chi connectivity index (χ1n) is 8.09. The van der Waals surface area contributed by atoms with Crippen molar-refractivity contribution in [2.45, 2.75) is 66.1 Å². The highest BCUT2D eigenvalue weighted by molar-refractivity contribution is 6.74. The predicted octanol–water partition coefficient (Wildman–Crippen LogP) is 5.09. The monoisotopic (exact) mass is 332 g/mol. The first-order chi connectivity index (χ1) is 9.90. The van der Waals surface area contributed by atoms with Gasteiger partial charge in [0.05, 0.1) is 6.61 Å². The molecule has 0 spiro atoms. The summed E-state index contributed by atoms with van der Waals surface area (Å²) in [4.78, 5) is 11.4. The third-order valence-electron chi connectivity index (χ3n) is 4.09. The lowest BCUT2D eigenvalue weighted by Gasteiger charge is -2.37. The Morgan fingerprint density at radius 2 is 1.82 bits per heavy atom. The summed E-state index contributed by atoms with van der Waals surface area (Å²) in [6, 6.07) is 0. The van der Waals surface area contributed by atoms with Gasteiger partial charge in [-0.25, -0.2) is 4.79 Å². The SMILES string of the molecule is CCOC(=O)/C(F)=C\[C@H](CO[Si](C)(C)C(C)(C)C)CC(C)C. The summed E-state index contributed by atoms with van der Waals surface area (Å²) in [5.74, 6) is -1.41.